The third kappa shape index (κ3) is 5.18. The molecule has 3 rings (SSSR count). The maximum Gasteiger partial charge on any atom is 0.292 e. The van der Waals surface area contributed by atoms with Crippen molar-refractivity contribution in [1.82, 2.24) is 15.2 Å². The SMILES string of the molecule is CCCCn1nc(C(=O)N/N=C/C(Cl)=C/c2ccccc2)c2ccccc2c1=O. The number of carbonyl (C=O) groups excluding carboxylic acids is 1. The van der Waals surface area contributed by atoms with Crippen LogP contribution < -0.4 is 11.0 Å². The highest BCUT2D eigenvalue weighted by Gasteiger charge is 2.16. The van der Waals surface area contributed by atoms with E-state index >= 15 is 0 Å². The molecule has 0 spiro atoms. The fourth-order valence-electron chi connectivity index (χ4n) is 2.81. The first-order valence-electron chi connectivity index (χ1n) is 9.35. The number of hydrogen-bond acceptors (Lipinski definition) is 4. The molecular formula is C22H21ClN4O2. The second-order valence-electron chi connectivity index (χ2n) is 6.42. The topological polar surface area (TPSA) is 76.3 Å². The number of amides is 1. The summed E-state index contributed by atoms with van der Waals surface area (Å²) in [6, 6.07) is 16.5. The summed E-state index contributed by atoms with van der Waals surface area (Å²) in [5.74, 6) is -0.508. The van der Waals surface area contributed by atoms with Crippen molar-refractivity contribution in [2.75, 3.05) is 0 Å². The Balaban J connectivity index is 1.84. The number of unbranched alkanes of at least 4 members (excludes halogenated alkanes) is 1. The van der Waals surface area contributed by atoms with Crippen molar-refractivity contribution in [2.24, 2.45) is 5.10 Å². The Morgan fingerprint density at radius 2 is 1.83 bits per heavy atom. The number of aromatic nitrogens is 2. The van der Waals surface area contributed by atoms with Crippen LogP contribution in [-0.2, 0) is 6.54 Å². The molecule has 148 valence electrons. The third-order valence-corrected chi connectivity index (χ3v) is 4.47. The van der Waals surface area contributed by atoms with Gasteiger partial charge in [-0.15, -0.1) is 0 Å². The van der Waals surface area contributed by atoms with Gasteiger partial charge in [0, 0.05) is 11.9 Å². The molecule has 3 aromatic rings. The lowest BCUT2D eigenvalue weighted by atomic mass is 10.1. The average Bonchev–Trinajstić information content (AvgIpc) is 2.74. The number of benzene rings is 2. The van der Waals surface area contributed by atoms with Gasteiger partial charge in [0.2, 0.25) is 0 Å². The summed E-state index contributed by atoms with van der Waals surface area (Å²) >= 11 is 6.14. The van der Waals surface area contributed by atoms with Gasteiger partial charge in [-0.3, -0.25) is 9.59 Å². The van der Waals surface area contributed by atoms with Gasteiger partial charge in [0.25, 0.3) is 11.5 Å². The van der Waals surface area contributed by atoms with E-state index in [0.29, 0.717) is 22.3 Å². The molecule has 0 saturated carbocycles. The Morgan fingerprint density at radius 3 is 2.55 bits per heavy atom. The van der Waals surface area contributed by atoms with E-state index in [-0.39, 0.29) is 11.3 Å². The van der Waals surface area contributed by atoms with Gasteiger partial charge < -0.3 is 0 Å². The van der Waals surface area contributed by atoms with Crippen molar-refractivity contribution in [3.63, 3.8) is 0 Å². The van der Waals surface area contributed by atoms with Crippen LogP contribution in [-0.4, -0.2) is 21.9 Å². The predicted octanol–water partition coefficient (Wildman–Crippen LogP) is 4.19. The zero-order valence-electron chi connectivity index (χ0n) is 16.0. The summed E-state index contributed by atoms with van der Waals surface area (Å²) in [5, 5.41) is 9.49. The van der Waals surface area contributed by atoms with E-state index in [4.69, 9.17) is 11.6 Å². The van der Waals surface area contributed by atoms with E-state index < -0.39 is 5.91 Å². The van der Waals surface area contributed by atoms with E-state index in [2.05, 4.69) is 15.6 Å². The number of hydrazone groups is 1. The molecule has 0 atom stereocenters. The first-order chi connectivity index (χ1) is 14.1. The van der Waals surface area contributed by atoms with Crippen molar-refractivity contribution in [3.8, 4) is 0 Å². The number of halogens is 1. The zero-order chi connectivity index (χ0) is 20.6. The summed E-state index contributed by atoms with van der Waals surface area (Å²) in [6.07, 6.45) is 4.79. The molecular weight excluding hydrogens is 388 g/mol. The highest BCUT2D eigenvalue weighted by molar-refractivity contribution is 6.41. The molecule has 6 nitrogen and oxygen atoms in total. The molecule has 1 aromatic heterocycles. The fourth-order valence-corrected chi connectivity index (χ4v) is 2.99. The van der Waals surface area contributed by atoms with Crippen molar-refractivity contribution in [2.45, 2.75) is 26.3 Å². The molecule has 29 heavy (non-hydrogen) atoms. The van der Waals surface area contributed by atoms with E-state index in [1.165, 1.54) is 10.9 Å². The van der Waals surface area contributed by atoms with E-state index in [9.17, 15) is 9.59 Å². The smallest absolute Gasteiger partial charge is 0.267 e. The lowest BCUT2D eigenvalue weighted by Crippen LogP contribution is -2.29. The summed E-state index contributed by atoms with van der Waals surface area (Å²) in [6.45, 7) is 2.48. The first-order valence-corrected chi connectivity index (χ1v) is 9.73. The van der Waals surface area contributed by atoms with Gasteiger partial charge in [-0.1, -0.05) is 73.5 Å². The monoisotopic (exact) mass is 408 g/mol. The van der Waals surface area contributed by atoms with E-state index in [1.807, 2.05) is 37.3 Å². The molecule has 0 aliphatic heterocycles. The minimum absolute atomic E-state index is 0.150. The van der Waals surface area contributed by atoms with Crippen LogP contribution >= 0.6 is 11.6 Å². The Hall–Kier alpha value is -3.25. The van der Waals surface area contributed by atoms with Crippen LogP contribution in [0.2, 0.25) is 0 Å². The summed E-state index contributed by atoms with van der Waals surface area (Å²) in [7, 11) is 0. The summed E-state index contributed by atoms with van der Waals surface area (Å²) < 4.78 is 1.34. The molecule has 1 amide bonds. The molecule has 0 unspecified atom stereocenters. The minimum atomic E-state index is -0.508. The Bertz CT molecular complexity index is 1120. The summed E-state index contributed by atoms with van der Waals surface area (Å²) in [5.41, 5.74) is 3.30. The van der Waals surface area contributed by atoms with Crippen LogP contribution in [0.5, 0.6) is 0 Å². The van der Waals surface area contributed by atoms with E-state index in [1.54, 1.807) is 30.3 Å². The van der Waals surface area contributed by atoms with Crippen LogP contribution in [0, 0.1) is 0 Å². The summed E-state index contributed by atoms with van der Waals surface area (Å²) in [4.78, 5) is 25.3. The Labute approximate surface area is 173 Å². The van der Waals surface area contributed by atoms with Gasteiger partial charge in [0.15, 0.2) is 5.69 Å². The van der Waals surface area contributed by atoms with Gasteiger partial charge in [-0.2, -0.15) is 10.2 Å². The van der Waals surface area contributed by atoms with Gasteiger partial charge >= 0.3 is 0 Å². The maximum atomic E-state index is 12.7. The van der Waals surface area contributed by atoms with Gasteiger partial charge in [-0.25, -0.2) is 10.1 Å². The van der Waals surface area contributed by atoms with E-state index in [0.717, 1.165) is 18.4 Å². The van der Waals surface area contributed by atoms with Crippen molar-refractivity contribution >= 4 is 40.6 Å². The molecule has 0 radical (unpaired) electrons. The minimum Gasteiger partial charge on any atom is -0.267 e. The van der Waals surface area contributed by atoms with Gasteiger partial charge in [0.1, 0.15) is 0 Å². The molecule has 0 aliphatic rings. The van der Waals surface area contributed by atoms with Crippen LogP contribution in [0.3, 0.4) is 0 Å². The Kier molecular flexibility index (Phi) is 6.92. The first kappa shape index (κ1) is 20.5. The average molecular weight is 409 g/mol. The number of aryl methyl sites for hydroxylation is 1. The van der Waals surface area contributed by atoms with Crippen LogP contribution in [0.4, 0.5) is 0 Å². The number of rotatable bonds is 7. The third-order valence-electron chi connectivity index (χ3n) is 4.26. The second kappa shape index (κ2) is 9.80. The molecule has 0 saturated heterocycles. The lowest BCUT2D eigenvalue weighted by molar-refractivity contribution is 0.0949. The lowest BCUT2D eigenvalue weighted by Gasteiger charge is -2.09. The molecule has 1 N–H and O–H groups in total. The van der Waals surface area contributed by atoms with Crippen LogP contribution in [0.25, 0.3) is 16.8 Å². The second-order valence-corrected chi connectivity index (χ2v) is 6.85. The fraction of sp³-hybridized carbons (Fsp3) is 0.182. The quantitative estimate of drug-likeness (QED) is 0.470. The molecule has 0 aliphatic carbocycles. The highest BCUT2D eigenvalue weighted by atomic mass is 35.5. The van der Waals surface area contributed by atoms with Crippen molar-refractivity contribution in [3.05, 3.63) is 81.2 Å². The standard InChI is InChI=1S/C22H21ClN4O2/c1-2-3-13-27-22(29)19-12-8-7-11-18(19)20(26-27)21(28)25-24-15-17(23)14-16-9-5-4-6-10-16/h4-12,14-15H,2-3,13H2,1H3,(H,25,28)/b17-14-,24-15+. The largest absolute Gasteiger partial charge is 0.292 e. The number of nitrogens with one attached hydrogen (secondary N) is 1. The number of fused-ring (bicyclic) bond motifs is 1. The zero-order valence-corrected chi connectivity index (χ0v) is 16.8. The molecule has 0 fully saturated rings. The van der Waals surface area contributed by atoms with Gasteiger partial charge in [-0.05, 0) is 24.1 Å². The van der Waals surface area contributed by atoms with Gasteiger partial charge in [0.05, 0.1) is 16.6 Å². The number of carbonyl (C=O) groups is 1. The number of nitrogens with zero attached hydrogens (tertiary/aromatic N) is 3. The molecule has 7 heteroatoms. The van der Waals surface area contributed by atoms with Crippen LogP contribution in [0.1, 0.15) is 35.8 Å². The molecule has 2 aromatic carbocycles. The van der Waals surface area contributed by atoms with Crippen molar-refractivity contribution < 1.29 is 4.79 Å². The number of allylic oxidation sites excluding steroid dienone is 1. The molecule has 1 heterocycles. The predicted molar refractivity (Wildman–Crippen MR) is 117 cm³/mol. The number of hydrogen-bond donors (Lipinski definition) is 1. The highest BCUT2D eigenvalue weighted by Crippen LogP contribution is 2.13. The van der Waals surface area contributed by atoms with Crippen molar-refractivity contribution in [1.29, 1.82) is 0 Å². The molecule has 0 bridgehead atoms. The maximum absolute atomic E-state index is 12.7. The van der Waals surface area contributed by atoms with Crippen LogP contribution in [0.15, 0.2) is 69.5 Å². The Morgan fingerprint density at radius 1 is 1.14 bits per heavy atom. The normalized spacial score (nSPS) is 11.9.